The maximum Gasteiger partial charge on any atom is 0.288 e. The van der Waals surface area contributed by atoms with Gasteiger partial charge in [-0.3, -0.25) is 14.9 Å². The molecular weight excluding hydrogens is 206 g/mol. The minimum atomic E-state index is -0.389. The Bertz CT molecular complexity index is 519. The van der Waals surface area contributed by atoms with Crippen molar-refractivity contribution >= 4 is 11.5 Å². The third-order valence-electron chi connectivity index (χ3n) is 3.38. The lowest BCUT2D eigenvalue weighted by atomic mass is 9.99. The lowest BCUT2D eigenvalue weighted by molar-refractivity contribution is -0.385. The van der Waals surface area contributed by atoms with Crippen molar-refractivity contribution in [2.75, 3.05) is 0 Å². The number of fused-ring (bicyclic) bond motifs is 2. The van der Waals surface area contributed by atoms with Crippen LogP contribution in [0.4, 0.5) is 5.69 Å². The van der Waals surface area contributed by atoms with Crippen LogP contribution in [0.15, 0.2) is 6.07 Å². The molecule has 4 nitrogen and oxygen atoms in total. The van der Waals surface area contributed by atoms with Gasteiger partial charge in [-0.05, 0) is 18.1 Å². The molecule has 3 rings (SSSR count). The van der Waals surface area contributed by atoms with Gasteiger partial charge in [-0.2, -0.15) is 0 Å². The van der Waals surface area contributed by atoms with Gasteiger partial charge in [-0.15, -0.1) is 0 Å². The Balaban J connectivity index is 2.35. The fourth-order valence-corrected chi connectivity index (χ4v) is 2.69. The number of carbonyl (C=O) groups excluding carboxylic acids is 1. The van der Waals surface area contributed by atoms with Crippen molar-refractivity contribution in [3.8, 4) is 0 Å². The van der Waals surface area contributed by atoms with Crippen LogP contribution in [0.5, 0.6) is 0 Å². The molecule has 0 spiro atoms. The van der Waals surface area contributed by atoms with Gasteiger partial charge in [-0.25, -0.2) is 0 Å². The molecule has 0 N–H and O–H groups in total. The molecule has 0 radical (unpaired) electrons. The highest BCUT2D eigenvalue weighted by molar-refractivity contribution is 6.04. The van der Waals surface area contributed by atoms with Gasteiger partial charge in [0.2, 0.25) is 0 Å². The van der Waals surface area contributed by atoms with E-state index >= 15 is 0 Å². The Morgan fingerprint density at radius 3 is 2.81 bits per heavy atom. The predicted molar refractivity (Wildman–Crippen MR) is 57.5 cm³/mol. The van der Waals surface area contributed by atoms with E-state index < -0.39 is 0 Å². The van der Waals surface area contributed by atoms with Crippen LogP contribution < -0.4 is 0 Å². The Kier molecular flexibility index (Phi) is 1.80. The van der Waals surface area contributed by atoms with Crippen LogP contribution >= 0.6 is 0 Å². The first-order valence-corrected chi connectivity index (χ1v) is 5.35. The molecule has 80 valence electrons. The molecule has 0 aliphatic heterocycles. The second-order valence-electron chi connectivity index (χ2n) is 4.27. The molecule has 4 heteroatoms. The molecule has 2 aliphatic carbocycles. The summed E-state index contributed by atoms with van der Waals surface area (Å²) in [6.07, 6.45) is 4.51. The largest absolute Gasteiger partial charge is 0.294 e. The zero-order chi connectivity index (χ0) is 11.3. The molecule has 0 aromatic heterocycles. The number of nitro benzene ring substituents is 1. The fourth-order valence-electron chi connectivity index (χ4n) is 2.69. The quantitative estimate of drug-likeness (QED) is 0.410. The molecule has 1 aromatic carbocycles. The molecule has 0 amide bonds. The van der Waals surface area contributed by atoms with Crippen LogP contribution in [0.1, 0.15) is 33.5 Å². The number of nitro groups is 1. The van der Waals surface area contributed by atoms with E-state index in [9.17, 15) is 14.9 Å². The van der Waals surface area contributed by atoms with Crippen LogP contribution in [-0.4, -0.2) is 10.7 Å². The van der Waals surface area contributed by atoms with Gasteiger partial charge >= 0.3 is 0 Å². The average Bonchev–Trinajstić information content (AvgIpc) is 2.82. The number of aryl methyl sites for hydroxylation is 1. The van der Waals surface area contributed by atoms with Crippen molar-refractivity contribution < 1.29 is 9.72 Å². The fraction of sp³-hybridized carbons (Fsp3) is 0.333. The lowest BCUT2D eigenvalue weighted by Gasteiger charge is -2.04. The Morgan fingerprint density at radius 1 is 1.25 bits per heavy atom. The summed E-state index contributed by atoms with van der Waals surface area (Å²) in [6, 6.07) is 1.98. The van der Waals surface area contributed by atoms with Crippen molar-refractivity contribution in [3.63, 3.8) is 0 Å². The first-order valence-electron chi connectivity index (χ1n) is 5.35. The highest BCUT2D eigenvalue weighted by Crippen LogP contribution is 2.39. The smallest absolute Gasteiger partial charge is 0.288 e. The van der Waals surface area contributed by atoms with Gasteiger partial charge in [0, 0.05) is 12.0 Å². The first kappa shape index (κ1) is 9.39. The number of rotatable bonds is 1. The average molecular weight is 216 g/mol. The van der Waals surface area contributed by atoms with Crippen molar-refractivity contribution in [1.82, 2.24) is 0 Å². The first-order chi connectivity index (χ1) is 7.68. The molecule has 0 atom stereocenters. The third kappa shape index (κ3) is 1.10. The number of hydrogen-bond donors (Lipinski definition) is 0. The summed E-state index contributed by atoms with van der Waals surface area (Å²) >= 11 is 0. The van der Waals surface area contributed by atoms with Crippen LogP contribution in [0.3, 0.4) is 0 Å². The van der Waals surface area contributed by atoms with Crippen molar-refractivity contribution in [2.45, 2.75) is 25.7 Å². The van der Waals surface area contributed by atoms with Gasteiger partial charge in [0.25, 0.3) is 5.69 Å². The molecule has 0 bridgehead atoms. The van der Waals surface area contributed by atoms with E-state index in [1.807, 2.05) is 12.5 Å². The highest BCUT2D eigenvalue weighted by atomic mass is 16.6. The van der Waals surface area contributed by atoms with Gasteiger partial charge in [0.15, 0.2) is 5.78 Å². The van der Waals surface area contributed by atoms with E-state index in [0.717, 1.165) is 23.1 Å². The van der Waals surface area contributed by atoms with E-state index in [-0.39, 0.29) is 16.4 Å². The van der Waals surface area contributed by atoms with Crippen molar-refractivity contribution in [2.24, 2.45) is 0 Å². The van der Waals surface area contributed by atoms with Crippen molar-refractivity contribution in [3.05, 3.63) is 44.9 Å². The summed E-state index contributed by atoms with van der Waals surface area (Å²) in [7, 11) is 0. The van der Waals surface area contributed by atoms with Crippen LogP contribution in [0.2, 0.25) is 0 Å². The molecule has 0 saturated heterocycles. The molecule has 0 fully saturated rings. The lowest BCUT2D eigenvalue weighted by Crippen LogP contribution is -2.04. The Hall–Kier alpha value is -1.84. The normalized spacial score (nSPS) is 16.9. The number of nitrogens with zero attached hydrogens (tertiary/aromatic N) is 1. The number of Topliss-reactive ketones (excluding diaryl/α,β-unsaturated/α-hetero) is 1. The molecule has 0 heterocycles. The van der Waals surface area contributed by atoms with Crippen LogP contribution in [0.25, 0.3) is 0 Å². The number of carbonyl (C=O) groups is 1. The second kappa shape index (κ2) is 3.07. The summed E-state index contributed by atoms with van der Waals surface area (Å²) in [5, 5.41) is 11.1. The van der Waals surface area contributed by atoms with Crippen LogP contribution in [-0.2, 0) is 19.3 Å². The monoisotopic (exact) mass is 216 g/mol. The Labute approximate surface area is 92.4 Å². The van der Waals surface area contributed by atoms with E-state index in [0.29, 0.717) is 24.8 Å². The number of ketones is 1. The zero-order valence-corrected chi connectivity index (χ0v) is 8.66. The highest BCUT2D eigenvalue weighted by Gasteiger charge is 2.37. The minimum absolute atomic E-state index is 0.0728. The van der Waals surface area contributed by atoms with Gasteiger partial charge < -0.3 is 0 Å². The van der Waals surface area contributed by atoms with Gasteiger partial charge in [0.05, 0.1) is 22.5 Å². The maximum atomic E-state index is 11.7. The summed E-state index contributed by atoms with van der Waals surface area (Å²) < 4.78 is 0. The number of benzene rings is 1. The topological polar surface area (TPSA) is 60.2 Å². The van der Waals surface area contributed by atoms with E-state index in [4.69, 9.17) is 0 Å². The molecule has 1 aromatic rings. The van der Waals surface area contributed by atoms with E-state index in [2.05, 4.69) is 0 Å². The van der Waals surface area contributed by atoms with Crippen LogP contribution in [0, 0.1) is 16.5 Å². The molecule has 0 unspecified atom stereocenters. The second-order valence-corrected chi connectivity index (χ2v) is 4.27. The molecule has 2 aliphatic rings. The summed E-state index contributed by atoms with van der Waals surface area (Å²) in [6.45, 7) is 0. The molecule has 16 heavy (non-hydrogen) atoms. The SMILES string of the molecule is O=C1CCc2cc3c(c([N+](=O)[O-])c21)C[CH+]C3. The standard InChI is InChI=1S/C12H10NO3/c14-10-5-4-8-6-7-2-1-3-9(7)12(11(8)10)13(15)16/h1,6H,2-5H2/q+1. The maximum absolute atomic E-state index is 11.7. The van der Waals surface area contributed by atoms with E-state index in [1.165, 1.54) is 0 Å². The summed E-state index contributed by atoms with van der Waals surface area (Å²) in [4.78, 5) is 22.4. The van der Waals surface area contributed by atoms with Gasteiger partial charge in [-0.1, -0.05) is 0 Å². The predicted octanol–water partition coefficient (Wildman–Crippen LogP) is 2.03. The Morgan fingerprint density at radius 2 is 2.06 bits per heavy atom. The third-order valence-corrected chi connectivity index (χ3v) is 3.38. The minimum Gasteiger partial charge on any atom is -0.294 e. The van der Waals surface area contributed by atoms with Crippen molar-refractivity contribution in [1.29, 1.82) is 0 Å². The zero-order valence-electron chi connectivity index (χ0n) is 8.66. The molecular formula is C12H10NO3+. The summed E-state index contributed by atoms with van der Waals surface area (Å²) in [5.41, 5.74) is 3.09. The summed E-state index contributed by atoms with van der Waals surface area (Å²) in [5.74, 6) is -0.0728. The van der Waals surface area contributed by atoms with E-state index in [1.54, 1.807) is 0 Å². The van der Waals surface area contributed by atoms with Gasteiger partial charge in [0.1, 0.15) is 12.8 Å². The number of hydrogen-bond acceptors (Lipinski definition) is 3. The molecule has 0 saturated carbocycles.